The highest BCUT2D eigenvalue weighted by atomic mass is 16.5. The minimum absolute atomic E-state index is 0.0434. The molecule has 1 atom stereocenters. The number of para-hydroxylation sites is 1. The third-order valence-corrected chi connectivity index (χ3v) is 5.08. The molecule has 2 amide bonds. The molecule has 1 saturated heterocycles. The lowest BCUT2D eigenvalue weighted by atomic mass is 10.1. The lowest BCUT2D eigenvalue weighted by Crippen LogP contribution is -2.45. The van der Waals surface area contributed by atoms with Crippen molar-refractivity contribution in [2.45, 2.75) is 38.9 Å². The number of likely N-dealkylation sites (tertiary alicyclic amines) is 1. The average Bonchev–Trinajstić information content (AvgIpc) is 3.16. The van der Waals surface area contributed by atoms with E-state index >= 15 is 0 Å². The summed E-state index contributed by atoms with van der Waals surface area (Å²) in [6, 6.07) is 11.9. The first kappa shape index (κ1) is 20.1. The van der Waals surface area contributed by atoms with Gasteiger partial charge in [-0.3, -0.25) is 4.98 Å². The van der Waals surface area contributed by atoms with Crippen LogP contribution in [0.15, 0.2) is 48.8 Å². The SMILES string of the molecule is CCCN1CC[C@H](NC(=O)N(Cc2cccnc2)Cc2ccccc2OC)C1. The third kappa shape index (κ3) is 5.45. The monoisotopic (exact) mass is 382 g/mol. The molecule has 28 heavy (non-hydrogen) atoms. The smallest absolute Gasteiger partial charge is 0.318 e. The van der Waals surface area contributed by atoms with Gasteiger partial charge in [0.15, 0.2) is 0 Å². The number of nitrogens with one attached hydrogen (secondary N) is 1. The zero-order valence-corrected chi connectivity index (χ0v) is 16.8. The van der Waals surface area contributed by atoms with Crippen LogP contribution in [0.2, 0.25) is 0 Å². The summed E-state index contributed by atoms with van der Waals surface area (Å²) in [5.41, 5.74) is 2.00. The molecule has 6 heteroatoms. The first-order chi connectivity index (χ1) is 13.7. The molecule has 3 rings (SSSR count). The van der Waals surface area contributed by atoms with E-state index in [0.717, 1.165) is 49.4 Å². The van der Waals surface area contributed by atoms with Gasteiger partial charge in [-0.05, 0) is 37.1 Å². The fraction of sp³-hybridized carbons (Fsp3) is 0.455. The molecule has 150 valence electrons. The van der Waals surface area contributed by atoms with Crippen LogP contribution >= 0.6 is 0 Å². The van der Waals surface area contributed by atoms with Crippen LogP contribution in [0.5, 0.6) is 5.75 Å². The number of urea groups is 1. The van der Waals surface area contributed by atoms with Gasteiger partial charge < -0.3 is 19.9 Å². The number of methoxy groups -OCH3 is 1. The van der Waals surface area contributed by atoms with Crippen LogP contribution in [0, 0.1) is 0 Å². The fourth-order valence-electron chi connectivity index (χ4n) is 3.69. The summed E-state index contributed by atoms with van der Waals surface area (Å²) in [4.78, 5) is 21.5. The normalized spacial score (nSPS) is 16.7. The molecule has 0 spiro atoms. The number of ether oxygens (including phenoxy) is 1. The van der Waals surface area contributed by atoms with Crippen molar-refractivity contribution in [1.82, 2.24) is 20.1 Å². The Bertz CT molecular complexity index is 753. The third-order valence-electron chi connectivity index (χ3n) is 5.08. The van der Waals surface area contributed by atoms with Gasteiger partial charge in [-0.2, -0.15) is 0 Å². The molecule has 0 saturated carbocycles. The number of carbonyl (C=O) groups excluding carboxylic acids is 1. The van der Waals surface area contributed by atoms with Crippen molar-refractivity contribution in [2.24, 2.45) is 0 Å². The number of aromatic nitrogens is 1. The van der Waals surface area contributed by atoms with Crippen molar-refractivity contribution < 1.29 is 9.53 Å². The Hall–Kier alpha value is -2.60. The summed E-state index contributed by atoms with van der Waals surface area (Å²) < 4.78 is 5.47. The zero-order valence-electron chi connectivity index (χ0n) is 16.8. The van der Waals surface area contributed by atoms with E-state index in [1.54, 1.807) is 19.5 Å². The summed E-state index contributed by atoms with van der Waals surface area (Å²) in [7, 11) is 1.66. The molecule has 0 bridgehead atoms. The molecule has 1 aromatic heterocycles. The molecule has 6 nitrogen and oxygen atoms in total. The maximum atomic E-state index is 13.1. The summed E-state index contributed by atoms with van der Waals surface area (Å²) >= 11 is 0. The van der Waals surface area contributed by atoms with Gasteiger partial charge in [-0.25, -0.2) is 4.79 Å². The number of pyridine rings is 1. The molecule has 2 heterocycles. The maximum Gasteiger partial charge on any atom is 0.318 e. The molecule has 1 N–H and O–H groups in total. The van der Waals surface area contributed by atoms with E-state index in [2.05, 4.69) is 22.1 Å². The summed E-state index contributed by atoms with van der Waals surface area (Å²) in [6.07, 6.45) is 5.69. The summed E-state index contributed by atoms with van der Waals surface area (Å²) in [5.74, 6) is 0.793. The van der Waals surface area contributed by atoms with Crippen LogP contribution in [0.1, 0.15) is 30.9 Å². The van der Waals surface area contributed by atoms with Crippen LogP contribution in [0.25, 0.3) is 0 Å². The highest BCUT2D eigenvalue weighted by molar-refractivity contribution is 5.74. The topological polar surface area (TPSA) is 57.7 Å². The van der Waals surface area contributed by atoms with Crippen LogP contribution in [0.3, 0.4) is 0 Å². The number of benzene rings is 1. The Morgan fingerprint density at radius 1 is 1.29 bits per heavy atom. The van der Waals surface area contributed by atoms with E-state index in [0.29, 0.717) is 13.1 Å². The fourth-order valence-corrected chi connectivity index (χ4v) is 3.69. The van der Waals surface area contributed by atoms with Crippen LogP contribution in [-0.4, -0.2) is 53.6 Å². The van der Waals surface area contributed by atoms with Crippen LogP contribution < -0.4 is 10.1 Å². The second-order valence-electron chi connectivity index (χ2n) is 7.26. The standard InChI is InChI=1S/C22H30N4O2/c1-3-12-25-13-10-20(17-25)24-22(27)26(15-18-7-6-11-23-14-18)16-19-8-4-5-9-21(19)28-2/h4-9,11,14,20H,3,10,12-13,15-17H2,1-2H3,(H,24,27)/t20-/m0/s1. The zero-order chi connectivity index (χ0) is 19.8. The van der Waals surface area contributed by atoms with Crippen molar-refractivity contribution in [2.75, 3.05) is 26.7 Å². The van der Waals surface area contributed by atoms with Crippen molar-refractivity contribution >= 4 is 6.03 Å². The molecular weight excluding hydrogens is 352 g/mol. The average molecular weight is 383 g/mol. The Kier molecular flexibility index (Phi) is 7.25. The molecular formula is C22H30N4O2. The summed E-state index contributed by atoms with van der Waals surface area (Å²) in [6.45, 7) is 6.24. The van der Waals surface area contributed by atoms with E-state index in [1.165, 1.54) is 0 Å². The largest absolute Gasteiger partial charge is 0.496 e. The molecule has 1 aliphatic rings. The first-order valence-corrected chi connectivity index (χ1v) is 9.98. The first-order valence-electron chi connectivity index (χ1n) is 9.98. The van der Waals surface area contributed by atoms with E-state index in [1.807, 2.05) is 41.3 Å². The summed E-state index contributed by atoms with van der Waals surface area (Å²) in [5, 5.41) is 3.23. The second-order valence-corrected chi connectivity index (χ2v) is 7.26. The minimum Gasteiger partial charge on any atom is -0.496 e. The van der Waals surface area contributed by atoms with E-state index in [-0.39, 0.29) is 12.1 Å². The number of rotatable bonds is 8. The Labute approximate surface area is 167 Å². The molecule has 0 radical (unpaired) electrons. The molecule has 0 aliphatic carbocycles. The number of carbonyl (C=O) groups is 1. The van der Waals surface area contributed by atoms with E-state index in [4.69, 9.17) is 4.74 Å². The van der Waals surface area contributed by atoms with Gasteiger partial charge >= 0.3 is 6.03 Å². The van der Waals surface area contributed by atoms with Crippen molar-refractivity contribution in [3.05, 3.63) is 59.9 Å². The van der Waals surface area contributed by atoms with E-state index < -0.39 is 0 Å². The lowest BCUT2D eigenvalue weighted by Gasteiger charge is -2.26. The highest BCUT2D eigenvalue weighted by Crippen LogP contribution is 2.21. The molecule has 1 fully saturated rings. The maximum absolute atomic E-state index is 13.1. The van der Waals surface area contributed by atoms with Gasteiger partial charge in [-0.1, -0.05) is 31.2 Å². The van der Waals surface area contributed by atoms with Crippen molar-refractivity contribution in [3.8, 4) is 5.75 Å². The second kappa shape index (κ2) is 10.1. The highest BCUT2D eigenvalue weighted by Gasteiger charge is 2.25. The molecule has 1 aliphatic heterocycles. The van der Waals surface area contributed by atoms with Gasteiger partial charge in [0.25, 0.3) is 0 Å². The van der Waals surface area contributed by atoms with Gasteiger partial charge in [-0.15, -0.1) is 0 Å². The quantitative estimate of drug-likeness (QED) is 0.761. The predicted octanol–water partition coefficient (Wildman–Crippen LogP) is 3.29. The lowest BCUT2D eigenvalue weighted by molar-refractivity contribution is 0.187. The Morgan fingerprint density at radius 3 is 2.89 bits per heavy atom. The Morgan fingerprint density at radius 2 is 2.14 bits per heavy atom. The van der Waals surface area contributed by atoms with Gasteiger partial charge in [0.2, 0.25) is 0 Å². The number of amides is 2. The molecule has 1 aromatic carbocycles. The van der Waals surface area contributed by atoms with Gasteiger partial charge in [0.05, 0.1) is 13.7 Å². The van der Waals surface area contributed by atoms with Crippen molar-refractivity contribution in [3.63, 3.8) is 0 Å². The van der Waals surface area contributed by atoms with Crippen LogP contribution in [-0.2, 0) is 13.1 Å². The Balaban J connectivity index is 1.71. The molecule has 2 aromatic rings. The number of hydrogen-bond donors (Lipinski definition) is 1. The minimum atomic E-state index is -0.0434. The predicted molar refractivity (Wildman–Crippen MR) is 110 cm³/mol. The van der Waals surface area contributed by atoms with E-state index in [9.17, 15) is 4.79 Å². The van der Waals surface area contributed by atoms with Gasteiger partial charge in [0.1, 0.15) is 5.75 Å². The van der Waals surface area contributed by atoms with Crippen molar-refractivity contribution in [1.29, 1.82) is 0 Å². The van der Waals surface area contributed by atoms with Crippen LogP contribution in [0.4, 0.5) is 4.79 Å². The van der Waals surface area contributed by atoms with Gasteiger partial charge in [0, 0.05) is 43.6 Å². The number of nitrogens with zero attached hydrogens (tertiary/aromatic N) is 3. The number of hydrogen-bond acceptors (Lipinski definition) is 4. The molecule has 0 unspecified atom stereocenters.